The van der Waals surface area contributed by atoms with Gasteiger partial charge in [-0.25, -0.2) is 0 Å². The molecule has 0 aliphatic carbocycles. The van der Waals surface area contributed by atoms with E-state index >= 15 is 0 Å². The van der Waals surface area contributed by atoms with E-state index in [-0.39, 0.29) is 11.9 Å². The van der Waals surface area contributed by atoms with E-state index in [1.54, 1.807) is 0 Å². The number of hydrogen-bond donors (Lipinski definition) is 0. The van der Waals surface area contributed by atoms with Crippen molar-refractivity contribution in [2.45, 2.75) is 46.3 Å². The quantitative estimate of drug-likeness (QED) is 0.385. The van der Waals surface area contributed by atoms with Crippen LogP contribution in [0.2, 0.25) is 19.1 Å². The van der Waals surface area contributed by atoms with Crippen molar-refractivity contribution >= 4 is 14.3 Å². The summed E-state index contributed by atoms with van der Waals surface area (Å²) in [5.74, 6) is -0.131. The molecule has 0 N–H and O–H groups in total. The lowest BCUT2D eigenvalue weighted by molar-refractivity contribution is -0.147. The van der Waals surface area contributed by atoms with Crippen molar-refractivity contribution in [1.82, 2.24) is 0 Å². The lowest BCUT2D eigenvalue weighted by Crippen LogP contribution is -2.30. The van der Waals surface area contributed by atoms with Crippen LogP contribution in [-0.2, 0) is 14.0 Å². The molecule has 0 atom stereocenters. The first-order chi connectivity index (χ1) is 6.89. The highest BCUT2D eigenvalue weighted by Crippen LogP contribution is 2.13. The maximum atomic E-state index is 11.2. The molecule has 3 nitrogen and oxygen atoms in total. The van der Waals surface area contributed by atoms with Gasteiger partial charge in [-0.3, -0.25) is 4.79 Å². The number of carbonyl (C=O) groups excluding carboxylic acids is 1. The molecular weight excluding hydrogens is 208 g/mol. The normalized spacial score (nSPS) is 11.9. The van der Waals surface area contributed by atoms with Gasteiger partial charge in [-0.1, -0.05) is 13.8 Å². The van der Waals surface area contributed by atoms with Crippen LogP contribution in [0.1, 0.15) is 27.2 Å². The maximum absolute atomic E-state index is 11.2. The Morgan fingerprint density at radius 2 is 1.93 bits per heavy atom. The van der Waals surface area contributed by atoms with E-state index in [2.05, 4.69) is 13.1 Å². The van der Waals surface area contributed by atoms with Crippen molar-refractivity contribution in [2.75, 3.05) is 13.2 Å². The number of carbonyl (C=O) groups is 1. The molecule has 90 valence electrons. The Balaban J connectivity index is 3.58. The fourth-order valence-electron chi connectivity index (χ4n) is 1.30. The maximum Gasteiger partial charge on any atom is 0.308 e. The smallest absolute Gasteiger partial charge is 0.308 e. The summed E-state index contributed by atoms with van der Waals surface area (Å²) in [6, 6.07) is 1.05. The monoisotopic (exact) mass is 232 g/mol. The van der Waals surface area contributed by atoms with Gasteiger partial charge in [0, 0.05) is 6.61 Å². The lowest BCUT2D eigenvalue weighted by atomic mass is 10.2. The molecule has 0 amide bonds. The third-order valence-corrected chi connectivity index (χ3v) is 4.80. The van der Waals surface area contributed by atoms with Crippen LogP contribution in [-0.4, -0.2) is 27.5 Å². The van der Waals surface area contributed by atoms with Gasteiger partial charge in [-0.2, -0.15) is 0 Å². The molecule has 0 aliphatic heterocycles. The number of hydrogen-bond acceptors (Lipinski definition) is 3. The SMILES string of the molecule is CCO[Si](C)(C)CCCOC(=O)C(C)C. The van der Waals surface area contributed by atoms with Gasteiger partial charge in [-0.15, -0.1) is 0 Å². The molecule has 0 aromatic heterocycles. The van der Waals surface area contributed by atoms with Crippen LogP contribution >= 0.6 is 0 Å². The minimum Gasteiger partial charge on any atom is -0.465 e. The van der Waals surface area contributed by atoms with Crippen LogP contribution in [0.4, 0.5) is 0 Å². The largest absolute Gasteiger partial charge is 0.465 e. The molecule has 0 fully saturated rings. The third kappa shape index (κ3) is 7.56. The van der Waals surface area contributed by atoms with Crippen molar-refractivity contribution in [1.29, 1.82) is 0 Å². The molecule has 0 heterocycles. The van der Waals surface area contributed by atoms with E-state index in [1.807, 2.05) is 20.8 Å². The molecule has 0 aliphatic rings. The summed E-state index contributed by atoms with van der Waals surface area (Å²) in [5.41, 5.74) is 0. The Labute approximate surface area is 94.3 Å². The summed E-state index contributed by atoms with van der Waals surface area (Å²) in [4.78, 5) is 11.2. The molecule has 0 radical (unpaired) electrons. The van der Waals surface area contributed by atoms with Gasteiger partial charge >= 0.3 is 5.97 Å². The Morgan fingerprint density at radius 1 is 1.33 bits per heavy atom. The van der Waals surface area contributed by atoms with Crippen molar-refractivity contribution in [3.05, 3.63) is 0 Å². The molecule has 0 aromatic carbocycles. The van der Waals surface area contributed by atoms with Crippen LogP contribution in [0.25, 0.3) is 0 Å². The molecule has 0 bridgehead atoms. The molecule has 0 spiro atoms. The molecule has 0 rings (SSSR count). The first kappa shape index (κ1) is 14.6. The van der Waals surface area contributed by atoms with Crippen LogP contribution < -0.4 is 0 Å². The van der Waals surface area contributed by atoms with Crippen molar-refractivity contribution < 1.29 is 14.0 Å². The molecular formula is C11H24O3Si. The van der Waals surface area contributed by atoms with E-state index in [4.69, 9.17) is 9.16 Å². The third-order valence-electron chi connectivity index (χ3n) is 2.17. The van der Waals surface area contributed by atoms with E-state index in [1.165, 1.54) is 0 Å². The van der Waals surface area contributed by atoms with E-state index in [0.29, 0.717) is 6.61 Å². The van der Waals surface area contributed by atoms with Crippen molar-refractivity contribution in [3.8, 4) is 0 Å². The van der Waals surface area contributed by atoms with Gasteiger partial charge in [0.25, 0.3) is 0 Å². The zero-order chi connectivity index (χ0) is 11.9. The molecule has 0 aromatic rings. The van der Waals surface area contributed by atoms with Gasteiger partial charge in [-0.05, 0) is 32.5 Å². The summed E-state index contributed by atoms with van der Waals surface area (Å²) < 4.78 is 10.8. The second-order valence-electron chi connectivity index (χ2n) is 4.62. The molecule has 0 unspecified atom stereocenters. The summed E-state index contributed by atoms with van der Waals surface area (Å²) in [5, 5.41) is 0. The lowest BCUT2D eigenvalue weighted by Gasteiger charge is -2.21. The number of rotatable bonds is 7. The Kier molecular flexibility index (Phi) is 6.84. The highest BCUT2D eigenvalue weighted by Gasteiger charge is 2.21. The van der Waals surface area contributed by atoms with Gasteiger partial charge in [0.2, 0.25) is 0 Å². The first-order valence-electron chi connectivity index (χ1n) is 5.69. The summed E-state index contributed by atoms with van der Waals surface area (Å²) in [6.07, 6.45) is 0.914. The van der Waals surface area contributed by atoms with Crippen LogP contribution in [0.3, 0.4) is 0 Å². The fraction of sp³-hybridized carbons (Fsp3) is 0.909. The van der Waals surface area contributed by atoms with Gasteiger partial charge in [0.05, 0.1) is 12.5 Å². The molecule has 15 heavy (non-hydrogen) atoms. The Hall–Kier alpha value is -0.353. The highest BCUT2D eigenvalue weighted by molar-refractivity contribution is 6.71. The number of esters is 1. The Morgan fingerprint density at radius 3 is 2.40 bits per heavy atom. The zero-order valence-electron chi connectivity index (χ0n) is 10.6. The first-order valence-corrected chi connectivity index (χ1v) is 8.81. The predicted octanol–water partition coefficient (Wildman–Crippen LogP) is 2.82. The topological polar surface area (TPSA) is 35.5 Å². The van der Waals surface area contributed by atoms with Crippen LogP contribution in [0.5, 0.6) is 0 Å². The fourth-order valence-corrected chi connectivity index (χ4v) is 3.22. The second-order valence-corrected chi connectivity index (χ2v) is 8.93. The minimum absolute atomic E-state index is 0.0258. The van der Waals surface area contributed by atoms with Gasteiger partial charge in [0.15, 0.2) is 8.32 Å². The summed E-state index contributed by atoms with van der Waals surface area (Å²) in [6.45, 7) is 11.4. The number of ether oxygens (including phenoxy) is 1. The molecule has 0 saturated carbocycles. The Bertz CT molecular complexity index is 190. The second kappa shape index (κ2) is 7.01. The predicted molar refractivity (Wildman–Crippen MR) is 64.3 cm³/mol. The van der Waals surface area contributed by atoms with E-state index in [9.17, 15) is 4.79 Å². The molecule has 0 saturated heterocycles. The zero-order valence-corrected chi connectivity index (χ0v) is 11.6. The highest BCUT2D eigenvalue weighted by atomic mass is 28.4. The van der Waals surface area contributed by atoms with Crippen LogP contribution in [0.15, 0.2) is 0 Å². The van der Waals surface area contributed by atoms with Crippen molar-refractivity contribution in [2.24, 2.45) is 5.92 Å². The van der Waals surface area contributed by atoms with Gasteiger partial charge in [0.1, 0.15) is 0 Å². The average molecular weight is 232 g/mol. The van der Waals surface area contributed by atoms with Gasteiger partial charge < -0.3 is 9.16 Å². The molecule has 4 heteroatoms. The average Bonchev–Trinajstić information content (AvgIpc) is 2.11. The minimum atomic E-state index is -1.49. The van der Waals surface area contributed by atoms with Crippen molar-refractivity contribution in [3.63, 3.8) is 0 Å². The summed E-state index contributed by atoms with van der Waals surface area (Å²) in [7, 11) is -1.49. The van der Waals surface area contributed by atoms with E-state index < -0.39 is 8.32 Å². The standard InChI is InChI=1S/C11H24O3Si/c1-6-14-15(4,5)9-7-8-13-11(12)10(2)3/h10H,6-9H2,1-5H3. The van der Waals surface area contributed by atoms with E-state index in [0.717, 1.165) is 19.1 Å². The summed E-state index contributed by atoms with van der Waals surface area (Å²) >= 11 is 0. The van der Waals surface area contributed by atoms with Crippen LogP contribution in [0, 0.1) is 5.92 Å².